The summed E-state index contributed by atoms with van der Waals surface area (Å²) in [6.45, 7) is 2.25. The Labute approximate surface area is 109 Å². The molecule has 0 bridgehead atoms. The van der Waals surface area contributed by atoms with Gasteiger partial charge < -0.3 is 14.3 Å². The van der Waals surface area contributed by atoms with E-state index in [0.717, 1.165) is 0 Å². The van der Waals surface area contributed by atoms with Crippen LogP contribution in [0.1, 0.15) is 27.8 Å². The maximum atomic E-state index is 10.9. The zero-order chi connectivity index (χ0) is 13.8. The van der Waals surface area contributed by atoms with Crippen molar-refractivity contribution in [2.75, 3.05) is 6.61 Å². The molecule has 0 saturated heterocycles. The Balaban J connectivity index is 2.41. The van der Waals surface area contributed by atoms with Crippen LogP contribution in [0.25, 0.3) is 11.3 Å². The molecule has 5 nitrogen and oxygen atoms in total. The van der Waals surface area contributed by atoms with Gasteiger partial charge in [0.25, 0.3) is 0 Å². The van der Waals surface area contributed by atoms with Crippen molar-refractivity contribution in [3.8, 4) is 17.1 Å². The molecule has 2 aromatic rings. The van der Waals surface area contributed by atoms with Gasteiger partial charge >= 0.3 is 5.97 Å². The summed E-state index contributed by atoms with van der Waals surface area (Å²) in [6, 6.07) is 7.88. The number of benzene rings is 1. The molecule has 0 spiro atoms. The average molecular weight is 260 g/mol. The Morgan fingerprint density at radius 1 is 1.37 bits per heavy atom. The van der Waals surface area contributed by atoms with Crippen LogP contribution < -0.4 is 4.74 Å². The van der Waals surface area contributed by atoms with E-state index in [1.807, 2.05) is 6.92 Å². The number of carboxylic acid groups (broad SMARTS) is 1. The van der Waals surface area contributed by atoms with E-state index in [1.165, 1.54) is 6.07 Å². The zero-order valence-corrected chi connectivity index (χ0v) is 10.3. The lowest BCUT2D eigenvalue weighted by atomic mass is 10.1. The van der Waals surface area contributed by atoms with Crippen LogP contribution in [0.15, 0.2) is 34.7 Å². The molecule has 0 unspecified atom stereocenters. The Morgan fingerprint density at radius 2 is 2.16 bits per heavy atom. The highest BCUT2D eigenvalue weighted by molar-refractivity contribution is 5.85. The molecule has 5 heteroatoms. The van der Waals surface area contributed by atoms with E-state index in [9.17, 15) is 9.59 Å². The molecule has 0 fully saturated rings. The third-order valence-corrected chi connectivity index (χ3v) is 2.54. The Morgan fingerprint density at radius 3 is 2.74 bits per heavy atom. The second-order valence-corrected chi connectivity index (χ2v) is 3.77. The van der Waals surface area contributed by atoms with Gasteiger partial charge in [-0.3, -0.25) is 4.79 Å². The molecule has 0 aliphatic carbocycles. The van der Waals surface area contributed by atoms with Gasteiger partial charge in [0.05, 0.1) is 12.2 Å². The van der Waals surface area contributed by atoms with E-state index in [2.05, 4.69) is 0 Å². The van der Waals surface area contributed by atoms with Crippen LogP contribution in [-0.2, 0) is 0 Å². The molecule has 0 radical (unpaired) electrons. The van der Waals surface area contributed by atoms with Crippen molar-refractivity contribution in [3.05, 3.63) is 41.7 Å². The maximum Gasteiger partial charge on any atom is 0.371 e. The molecule has 0 aliphatic rings. The number of carboxylic acids is 1. The minimum absolute atomic E-state index is 0.132. The summed E-state index contributed by atoms with van der Waals surface area (Å²) in [5.41, 5.74) is 1.09. The number of carbonyl (C=O) groups is 2. The quantitative estimate of drug-likeness (QED) is 0.836. The highest BCUT2D eigenvalue weighted by atomic mass is 16.5. The molecule has 19 heavy (non-hydrogen) atoms. The average Bonchev–Trinajstić information content (AvgIpc) is 2.89. The lowest BCUT2D eigenvalue weighted by Gasteiger charge is -2.07. The van der Waals surface area contributed by atoms with Crippen molar-refractivity contribution in [2.45, 2.75) is 6.92 Å². The van der Waals surface area contributed by atoms with Gasteiger partial charge in [-0.2, -0.15) is 0 Å². The van der Waals surface area contributed by atoms with Gasteiger partial charge in [0.1, 0.15) is 11.5 Å². The minimum Gasteiger partial charge on any atom is -0.493 e. The van der Waals surface area contributed by atoms with Crippen LogP contribution in [0.3, 0.4) is 0 Å². The highest BCUT2D eigenvalue weighted by Gasteiger charge is 2.12. The molecule has 0 amide bonds. The van der Waals surface area contributed by atoms with E-state index in [-0.39, 0.29) is 5.76 Å². The number of aldehydes is 1. The second-order valence-electron chi connectivity index (χ2n) is 3.77. The van der Waals surface area contributed by atoms with E-state index in [4.69, 9.17) is 14.3 Å². The smallest absolute Gasteiger partial charge is 0.371 e. The summed E-state index contributed by atoms with van der Waals surface area (Å²) in [7, 11) is 0. The van der Waals surface area contributed by atoms with E-state index in [1.54, 1.807) is 24.3 Å². The molecule has 1 aromatic carbocycles. The first-order chi connectivity index (χ1) is 9.15. The molecule has 1 aromatic heterocycles. The molecular weight excluding hydrogens is 248 g/mol. The summed E-state index contributed by atoms with van der Waals surface area (Å²) in [6.07, 6.45) is 0.708. The molecule has 0 saturated carbocycles. The number of carbonyl (C=O) groups excluding carboxylic acids is 1. The summed E-state index contributed by atoms with van der Waals surface area (Å²) in [5, 5.41) is 8.80. The van der Waals surface area contributed by atoms with Crippen LogP contribution in [0.5, 0.6) is 5.75 Å². The van der Waals surface area contributed by atoms with Gasteiger partial charge in [-0.15, -0.1) is 0 Å². The Hall–Kier alpha value is -2.56. The monoisotopic (exact) mass is 260 g/mol. The summed E-state index contributed by atoms with van der Waals surface area (Å²) < 4.78 is 10.5. The minimum atomic E-state index is -1.12. The standard InChI is InChI=1S/C14H12O5/c1-2-18-13-7-9(3-4-10(13)8-15)11-5-6-12(19-11)14(16)17/h3-8H,2H2,1H3,(H,16,17). The number of hydrogen-bond acceptors (Lipinski definition) is 4. The number of ether oxygens (including phenoxy) is 1. The third-order valence-electron chi connectivity index (χ3n) is 2.54. The van der Waals surface area contributed by atoms with E-state index in [0.29, 0.717) is 35.5 Å². The van der Waals surface area contributed by atoms with Crippen molar-refractivity contribution in [3.63, 3.8) is 0 Å². The molecule has 0 atom stereocenters. The Bertz CT molecular complexity index is 612. The summed E-state index contributed by atoms with van der Waals surface area (Å²) in [5.74, 6) is -0.396. The number of aromatic carboxylic acids is 1. The zero-order valence-electron chi connectivity index (χ0n) is 10.3. The lowest BCUT2D eigenvalue weighted by Crippen LogP contribution is -1.96. The van der Waals surface area contributed by atoms with Gasteiger partial charge in [-0.05, 0) is 31.2 Å². The van der Waals surface area contributed by atoms with Crippen LogP contribution in [-0.4, -0.2) is 24.0 Å². The number of furan rings is 1. The van der Waals surface area contributed by atoms with Gasteiger partial charge in [-0.1, -0.05) is 6.07 Å². The molecular formula is C14H12O5. The molecule has 1 heterocycles. The van der Waals surface area contributed by atoms with Crippen LogP contribution in [0.4, 0.5) is 0 Å². The number of hydrogen-bond donors (Lipinski definition) is 1. The van der Waals surface area contributed by atoms with Crippen molar-refractivity contribution in [2.24, 2.45) is 0 Å². The van der Waals surface area contributed by atoms with Crippen LogP contribution in [0, 0.1) is 0 Å². The summed E-state index contributed by atoms with van der Waals surface area (Å²) >= 11 is 0. The van der Waals surface area contributed by atoms with Gasteiger partial charge in [0.15, 0.2) is 6.29 Å². The fourth-order valence-electron chi connectivity index (χ4n) is 1.67. The SMILES string of the molecule is CCOc1cc(-c2ccc(C(=O)O)o2)ccc1C=O. The van der Waals surface area contributed by atoms with Gasteiger partial charge in [-0.25, -0.2) is 4.79 Å². The van der Waals surface area contributed by atoms with Crippen LogP contribution >= 0.6 is 0 Å². The second kappa shape index (κ2) is 5.39. The molecule has 1 N–H and O–H groups in total. The fraction of sp³-hybridized carbons (Fsp3) is 0.143. The lowest BCUT2D eigenvalue weighted by molar-refractivity contribution is 0.0663. The predicted molar refractivity (Wildman–Crippen MR) is 67.7 cm³/mol. The first kappa shape index (κ1) is 12.9. The Kier molecular flexibility index (Phi) is 3.66. The molecule has 2 rings (SSSR count). The number of rotatable bonds is 5. The molecule has 98 valence electrons. The normalized spacial score (nSPS) is 10.2. The van der Waals surface area contributed by atoms with E-state index < -0.39 is 5.97 Å². The first-order valence-electron chi connectivity index (χ1n) is 5.71. The fourth-order valence-corrected chi connectivity index (χ4v) is 1.67. The van der Waals surface area contributed by atoms with Crippen molar-refractivity contribution in [1.29, 1.82) is 0 Å². The van der Waals surface area contributed by atoms with Crippen LogP contribution in [0.2, 0.25) is 0 Å². The maximum absolute atomic E-state index is 10.9. The van der Waals surface area contributed by atoms with Crippen molar-refractivity contribution < 1.29 is 23.8 Å². The largest absolute Gasteiger partial charge is 0.493 e. The van der Waals surface area contributed by atoms with Crippen molar-refractivity contribution in [1.82, 2.24) is 0 Å². The van der Waals surface area contributed by atoms with Crippen molar-refractivity contribution >= 4 is 12.3 Å². The highest BCUT2D eigenvalue weighted by Crippen LogP contribution is 2.28. The third kappa shape index (κ3) is 2.65. The topological polar surface area (TPSA) is 76.7 Å². The summed E-state index contributed by atoms with van der Waals surface area (Å²) in [4.78, 5) is 21.6. The molecule has 0 aliphatic heterocycles. The van der Waals surface area contributed by atoms with E-state index >= 15 is 0 Å². The van der Waals surface area contributed by atoms with Gasteiger partial charge in [0, 0.05) is 5.56 Å². The first-order valence-corrected chi connectivity index (χ1v) is 5.71. The predicted octanol–water partition coefficient (Wildman–Crippen LogP) is 2.86. The van der Waals surface area contributed by atoms with Gasteiger partial charge in [0.2, 0.25) is 5.76 Å².